The molecule has 0 saturated heterocycles. The van der Waals surface area contributed by atoms with E-state index < -0.39 is 5.41 Å². The molecule has 12 heteroatoms. The number of rotatable bonds is 3. The number of nitrogens with zero attached hydrogens (tertiary/aromatic N) is 6. The number of halogens is 2. The van der Waals surface area contributed by atoms with Crippen LogP contribution in [0.3, 0.4) is 0 Å². The molecule has 35 heavy (non-hydrogen) atoms. The van der Waals surface area contributed by atoms with Crippen LogP contribution in [0.5, 0.6) is 0 Å². The number of amides is 2. The third kappa shape index (κ3) is 3.00. The molecule has 2 aliphatic heterocycles. The van der Waals surface area contributed by atoms with E-state index in [0.29, 0.717) is 55.7 Å². The maximum Gasteiger partial charge on any atom is 0.242 e. The lowest BCUT2D eigenvalue weighted by atomic mass is 9.70. The van der Waals surface area contributed by atoms with Crippen molar-refractivity contribution in [3.05, 3.63) is 51.1 Å². The first kappa shape index (κ1) is 22.2. The van der Waals surface area contributed by atoms with Gasteiger partial charge in [0.1, 0.15) is 23.1 Å². The fourth-order valence-corrected chi connectivity index (χ4v) is 6.31. The number of imidazole rings is 1. The Morgan fingerprint density at radius 2 is 2.03 bits per heavy atom. The molecule has 1 atom stereocenters. The number of benzene rings is 1. The summed E-state index contributed by atoms with van der Waals surface area (Å²) < 4.78 is 2.25. The summed E-state index contributed by atoms with van der Waals surface area (Å²) in [4.78, 5) is 45.1. The normalized spacial score (nSPS) is 19.1. The number of aryl methyl sites for hydroxylation is 1. The zero-order valence-corrected chi connectivity index (χ0v) is 21.4. The van der Waals surface area contributed by atoms with Crippen molar-refractivity contribution in [3.63, 3.8) is 0 Å². The monoisotopic (exact) mass is 554 g/mol. The highest BCUT2D eigenvalue weighted by Gasteiger charge is 2.58. The Labute approximate surface area is 213 Å². The Bertz CT molecular complexity index is 1560. The van der Waals surface area contributed by atoms with E-state index in [1.54, 1.807) is 21.7 Å². The van der Waals surface area contributed by atoms with Crippen LogP contribution in [0.15, 0.2) is 29.3 Å². The lowest BCUT2D eigenvalue weighted by Gasteiger charge is -2.33. The van der Waals surface area contributed by atoms with E-state index in [1.165, 1.54) is 12.7 Å². The van der Waals surface area contributed by atoms with Gasteiger partial charge in [0.05, 0.1) is 17.7 Å². The molecule has 0 unspecified atom stereocenters. The maximum absolute atomic E-state index is 14.3. The summed E-state index contributed by atoms with van der Waals surface area (Å²) in [6, 6.07) is 3.56. The molecule has 2 amide bonds. The highest BCUT2D eigenvalue weighted by molar-refractivity contribution is 9.10. The van der Waals surface area contributed by atoms with E-state index in [-0.39, 0.29) is 24.2 Å². The van der Waals surface area contributed by atoms with Gasteiger partial charge in [-0.1, -0.05) is 25.4 Å². The third-order valence-corrected chi connectivity index (χ3v) is 7.31. The number of aromatic nitrogens is 6. The number of carbonyl (C=O) groups is 2. The third-order valence-electron chi connectivity index (χ3n) is 6.49. The van der Waals surface area contributed by atoms with E-state index in [1.807, 2.05) is 6.92 Å². The first-order chi connectivity index (χ1) is 16.7. The molecule has 0 saturated carbocycles. The van der Waals surface area contributed by atoms with Crippen molar-refractivity contribution in [2.45, 2.75) is 32.6 Å². The van der Waals surface area contributed by atoms with Gasteiger partial charge in [-0.3, -0.25) is 9.59 Å². The summed E-state index contributed by atoms with van der Waals surface area (Å²) in [5.74, 6) is 0.564. The molecule has 0 fully saturated rings. The number of hydrogen-bond acceptors (Lipinski definition) is 6. The molecule has 1 spiro atoms. The van der Waals surface area contributed by atoms with E-state index in [2.05, 4.69) is 55.0 Å². The van der Waals surface area contributed by atoms with Crippen LogP contribution in [0, 0.1) is 12.8 Å². The molecule has 0 radical (unpaired) electrons. The number of H-pyrrole nitrogens is 1. The van der Waals surface area contributed by atoms with Gasteiger partial charge in [0.15, 0.2) is 11.5 Å². The number of aromatic amines is 1. The minimum atomic E-state index is -1.27. The predicted octanol–water partition coefficient (Wildman–Crippen LogP) is 3.89. The molecule has 2 N–H and O–H groups in total. The SMILES string of the molecule is Cc1nn(-c2ncnc3nc[nH]c23)c2c1[C@@]1(CC(=O)N2)C(=O)N(CC(C)C)c2c(Br)cc(Cl)cc21. The topological polar surface area (TPSA) is 122 Å². The lowest BCUT2D eigenvalue weighted by Crippen LogP contribution is -2.47. The zero-order chi connectivity index (χ0) is 24.6. The minimum absolute atomic E-state index is 0.0526. The van der Waals surface area contributed by atoms with Gasteiger partial charge < -0.3 is 15.2 Å². The summed E-state index contributed by atoms with van der Waals surface area (Å²) >= 11 is 10.1. The van der Waals surface area contributed by atoms with Crippen molar-refractivity contribution in [1.29, 1.82) is 0 Å². The van der Waals surface area contributed by atoms with Crippen LogP contribution in [0.4, 0.5) is 11.5 Å². The highest BCUT2D eigenvalue weighted by atomic mass is 79.9. The van der Waals surface area contributed by atoms with Gasteiger partial charge in [0.2, 0.25) is 11.8 Å². The van der Waals surface area contributed by atoms with Crippen molar-refractivity contribution in [3.8, 4) is 5.82 Å². The summed E-state index contributed by atoms with van der Waals surface area (Å²) in [7, 11) is 0. The second kappa shape index (κ2) is 7.59. The first-order valence-electron chi connectivity index (χ1n) is 11.1. The standard InChI is InChI=1S/C23H20BrClN8O2/c1-10(2)7-32-18-13(4-12(25)5-14(18)24)23(22(32)35)6-15(34)30-20-16(23)11(3)31-33(20)21-17-19(27-8-26-17)28-9-29-21/h4-5,8-10H,6-7H2,1-3H3,(H,30,34)(H,26,27,28,29)/t23-/m0/s1. The lowest BCUT2D eigenvalue weighted by molar-refractivity contribution is -0.126. The van der Waals surface area contributed by atoms with E-state index in [4.69, 9.17) is 16.7 Å². The molecule has 0 bridgehead atoms. The fourth-order valence-electron chi connectivity index (χ4n) is 5.29. The van der Waals surface area contributed by atoms with Crippen LogP contribution in [0.1, 0.15) is 37.1 Å². The number of nitrogens with one attached hydrogen (secondary N) is 2. The van der Waals surface area contributed by atoms with Gasteiger partial charge in [-0.25, -0.2) is 15.0 Å². The molecule has 3 aromatic heterocycles. The Balaban J connectivity index is 1.67. The molecular formula is C23H20BrClN8O2. The number of fused-ring (bicyclic) bond motifs is 5. The Hall–Kier alpha value is -3.31. The largest absolute Gasteiger partial charge is 0.340 e. The van der Waals surface area contributed by atoms with Crippen molar-refractivity contribution >= 4 is 62.0 Å². The second-order valence-corrected chi connectivity index (χ2v) is 10.5. The summed E-state index contributed by atoms with van der Waals surface area (Å²) in [5.41, 5.74) is 2.43. The van der Waals surface area contributed by atoms with Crippen molar-refractivity contribution in [2.75, 3.05) is 16.8 Å². The molecule has 4 aromatic rings. The average molecular weight is 556 g/mol. The molecular weight excluding hydrogens is 536 g/mol. The van der Waals surface area contributed by atoms with Gasteiger partial charge >= 0.3 is 0 Å². The quantitative estimate of drug-likeness (QED) is 0.396. The van der Waals surface area contributed by atoms with Crippen LogP contribution >= 0.6 is 27.5 Å². The fraction of sp³-hybridized carbons (Fsp3) is 0.304. The van der Waals surface area contributed by atoms with E-state index in [0.717, 1.165) is 5.69 Å². The minimum Gasteiger partial charge on any atom is -0.340 e. The van der Waals surface area contributed by atoms with Gasteiger partial charge in [0.25, 0.3) is 0 Å². The van der Waals surface area contributed by atoms with Crippen LogP contribution in [-0.2, 0) is 15.0 Å². The number of anilines is 2. The molecule has 6 rings (SSSR count). The Morgan fingerprint density at radius 1 is 1.23 bits per heavy atom. The van der Waals surface area contributed by atoms with Crippen LogP contribution < -0.4 is 10.2 Å². The zero-order valence-electron chi connectivity index (χ0n) is 19.1. The van der Waals surface area contributed by atoms with Crippen LogP contribution in [0.2, 0.25) is 5.02 Å². The summed E-state index contributed by atoms with van der Waals surface area (Å²) in [6.07, 6.45) is 2.86. The number of hydrogen-bond donors (Lipinski definition) is 2. The van der Waals surface area contributed by atoms with E-state index in [9.17, 15) is 9.59 Å². The first-order valence-corrected chi connectivity index (χ1v) is 12.3. The summed E-state index contributed by atoms with van der Waals surface area (Å²) in [5, 5.41) is 8.15. The maximum atomic E-state index is 14.3. The molecule has 2 aliphatic rings. The Morgan fingerprint density at radius 3 is 2.80 bits per heavy atom. The van der Waals surface area contributed by atoms with Gasteiger partial charge in [-0.05, 0) is 46.5 Å². The molecule has 1 aromatic carbocycles. The Kier molecular flexibility index (Phi) is 4.81. The average Bonchev–Trinajstić information content (AvgIpc) is 3.45. The molecule has 10 nitrogen and oxygen atoms in total. The smallest absolute Gasteiger partial charge is 0.242 e. The van der Waals surface area contributed by atoms with Gasteiger partial charge in [-0.2, -0.15) is 9.78 Å². The number of carbonyl (C=O) groups excluding carboxylic acids is 2. The summed E-state index contributed by atoms with van der Waals surface area (Å²) in [6.45, 7) is 6.43. The molecule has 5 heterocycles. The van der Waals surface area contributed by atoms with Crippen LogP contribution in [-0.4, -0.2) is 48.1 Å². The van der Waals surface area contributed by atoms with Crippen molar-refractivity contribution in [2.24, 2.45) is 5.92 Å². The van der Waals surface area contributed by atoms with Gasteiger partial charge in [0, 0.05) is 28.0 Å². The van der Waals surface area contributed by atoms with Gasteiger partial charge in [-0.15, -0.1) is 0 Å². The predicted molar refractivity (Wildman–Crippen MR) is 134 cm³/mol. The van der Waals surface area contributed by atoms with Crippen LogP contribution in [0.25, 0.3) is 17.0 Å². The van der Waals surface area contributed by atoms with Crippen molar-refractivity contribution in [1.82, 2.24) is 29.7 Å². The van der Waals surface area contributed by atoms with Crippen molar-refractivity contribution < 1.29 is 9.59 Å². The highest BCUT2D eigenvalue weighted by Crippen LogP contribution is 2.56. The van der Waals surface area contributed by atoms with E-state index >= 15 is 0 Å². The second-order valence-electron chi connectivity index (χ2n) is 9.24. The molecule has 0 aliphatic carbocycles. The molecule has 178 valence electrons.